The van der Waals surface area contributed by atoms with Gasteiger partial charge in [-0.25, -0.2) is 55.9 Å². The predicted octanol–water partition coefficient (Wildman–Crippen LogP) is -19.9. The molecule has 0 saturated carbocycles. The topological polar surface area (TPSA) is 505 Å². The Hall–Kier alpha value is 1.34. The van der Waals surface area contributed by atoms with Crippen LogP contribution in [0.25, 0.3) is 0 Å². The van der Waals surface area contributed by atoms with Gasteiger partial charge in [0.2, 0.25) is 0 Å². The molecule has 0 aliphatic rings. The van der Waals surface area contributed by atoms with E-state index in [1.54, 1.807) is 0 Å². The van der Waals surface area contributed by atoms with E-state index in [9.17, 15) is 9.90 Å². The molecule has 256 valence electrons. The molecular formula is C15H42Cd2Cl3N9O14. The quantitative estimate of drug-likeness (QED) is 0.0844. The molecule has 1 unspecified atom stereocenters. The van der Waals surface area contributed by atoms with Gasteiger partial charge in [-0.2, -0.15) is 0 Å². The van der Waals surface area contributed by atoms with Crippen molar-refractivity contribution >= 4 is 5.97 Å². The Balaban J connectivity index is -0.0000000581. The molecule has 43 heavy (non-hydrogen) atoms. The van der Waals surface area contributed by atoms with Gasteiger partial charge in [-0.1, -0.05) is 0 Å². The fraction of sp³-hybridized carbons (Fsp3) is 0.933. The van der Waals surface area contributed by atoms with E-state index < -0.39 is 42.7 Å². The first-order valence-corrected chi connectivity index (χ1v) is 14.5. The zero-order chi connectivity index (χ0) is 34.3. The van der Waals surface area contributed by atoms with Gasteiger partial charge >= 0.3 is 54.6 Å². The number of carboxylic acids is 1. The van der Waals surface area contributed by atoms with Crippen molar-refractivity contribution in [1.29, 1.82) is 0 Å². The molecule has 0 aliphatic heterocycles. The van der Waals surface area contributed by atoms with Crippen LogP contribution in [0.2, 0.25) is 0 Å². The van der Waals surface area contributed by atoms with Crippen molar-refractivity contribution in [3.05, 3.63) is 0 Å². The molecule has 1 atom stereocenters. The molecule has 14 N–H and O–H groups in total. The number of nitrogens with two attached hydrogens (primary N) is 7. The van der Waals surface area contributed by atoms with Crippen molar-refractivity contribution in [3.63, 3.8) is 0 Å². The monoisotopic (exact) mass is 905 g/mol. The third-order valence-electron chi connectivity index (χ3n) is 3.04. The molecule has 0 radical (unpaired) electrons. The molecule has 0 rings (SSSR count). The summed E-state index contributed by atoms with van der Waals surface area (Å²) in [5, 5.41) is 9.46. The van der Waals surface area contributed by atoms with Crippen molar-refractivity contribution in [3.8, 4) is 0 Å². The number of hydrogen-bond acceptors (Lipinski definition) is 23. The van der Waals surface area contributed by atoms with Crippen LogP contribution in [0.15, 0.2) is 0 Å². The van der Waals surface area contributed by atoms with E-state index in [2.05, 4.69) is 9.80 Å². The minimum atomic E-state index is -4.94. The summed E-state index contributed by atoms with van der Waals surface area (Å²) in [6.45, 7) is 10.8. The van der Waals surface area contributed by atoms with E-state index in [1.807, 2.05) is 0 Å². The third-order valence-corrected chi connectivity index (χ3v) is 3.04. The van der Waals surface area contributed by atoms with Gasteiger partial charge in [-0.05, 0) is 6.92 Å². The average molecular weight is 904 g/mol. The average Bonchev–Trinajstić information content (AvgIpc) is 2.72. The summed E-state index contributed by atoms with van der Waals surface area (Å²) in [6, 6.07) is -0.843. The Morgan fingerprint density at radius 1 is 0.512 bits per heavy atom. The molecule has 0 aliphatic carbocycles. The van der Waals surface area contributed by atoms with Crippen LogP contribution in [0.1, 0.15) is 6.92 Å². The standard InChI is InChI=1S/2C6H18N4.C3H7NO2.2Cd.3ClHO4/c2*7-1-4-10(5-2-8)6-3-9;1-2(4)3(5)6;;;3*2-1(3,4)5/h2*1-9H2;2H,4H2,1H3,(H,5,6);;;3*(H,2,3,4,5)/q;;;2*+2;;;/p-4. The number of halogens is 3. The Morgan fingerprint density at radius 2 is 0.605 bits per heavy atom. The second-order valence-electron chi connectivity index (χ2n) is 6.66. The van der Waals surface area contributed by atoms with Crippen LogP contribution in [0.5, 0.6) is 0 Å². The summed E-state index contributed by atoms with van der Waals surface area (Å²) in [5.41, 5.74) is 37.0. The first-order valence-electron chi connectivity index (χ1n) is 10.8. The summed E-state index contributed by atoms with van der Waals surface area (Å²) < 4.78 is 102. The Morgan fingerprint density at radius 3 is 0.651 bits per heavy atom. The van der Waals surface area contributed by atoms with Crippen LogP contribution in [-0.4, -0.2) is 100 Å². The number of nitrogens with zero attached hydrogens (tertiary/aromatic N) is 2. The van der Waals surface area contributed by atoms with Crippen LogP contribution in [0, 0.1) is 30.7 Å². The second kappa shape index (κ2) is 41.4. The van der Waals surface area contributed by atoms with Gasteiger partial charge < -0.3 is 50.0 Å². The maximum Gasteiger partial charge on any atom is 2.00 e. The molecular weight excluding hydrogens is 861 g/mol. The van der Waals surface area contributed by atoms with E-state index in [0.717, 1.165) is 39.3 Å². The van der Waals surface area contributed by atoms with E-state index in [1.165, 1.54) is 6.92 Å². The first-order chi connectivity index (χ1) is 18.3. The van der Waals surface area contributed by atoms with Crippen LogP contribution in [-0.2, 0) is 59.4 Å². The predicted molar refractivity (Wildman–Crippen MR) is 106 cm³/mol. The maximum absolute atomic E-state index is 9.46. The van der Waals surface area contributed by atoms with E-state index in [4.69, 9.17) is 96.0 Å². The SMILES string of the molecule is CC(N)C(=O)[O-].NCCN(CCN)CCN.NCCN(CCN)CCN.[Cd+2].[Cd+2].[O-][Cl+3]([O-])([O-])[O-].[O-][Cl+3]([O-])([O-])[O-].[O-][Cl+3]([O-])([O-])[O-]. The van der Waals surface area contributed by atoms with Gasteiger partial charge in [-0.3, -0.25) is 9.80 Å². The van der Waals surface area contributed by atoms with Crippen LogP contribution < -0.4 is 101 Å². The number of carbonyl (C=O) groups excluding carboxylic acids is 1. The van der Waals surface area contributed by atoms with Crippen molar-refractivity contribution in [2.45, 2.75) is 13.0 Å². The number of aliphatic carboxylic acids is 1. The smallest absolute Gasteiger partial charge is 0.548 e. The van der Waals surface area contributed by atoms with E-state index in [0.29, 0.717) is 39.3 Å². The third kappa shape index (κ3) is 136. The van der Waals surface area contributed by atoms with Crippen LogP contribution in [0.3, 0.4) is 0 Å². The van der Waals surface area contributed by atoms with Crippen molar-refractivity contribution in [2.24, 2.45) is 40.1 Å². The Kier molecular flexibility index (Phi) is 60.7. The Bertz CT molecular complexity index is 453. The summed E-state index contributed by atoms with van der Waals surface area (Å²) in [4.78, 5) is 13.8. The number of carbonyl (C=O) groups is 1. The van der Waals surface area contributed by atoms with Crippen LogP contribution >= 0.6 is 0 Å². The number of hydrogen-bond donors (Lipinski definition) is 7. The van der Waals surface area contributed by atoms with Gasteiger partial charge in [-0.15, -0.1) is 30.7 Å². The summed E-state index contributed by atoms with van der Waals surface area (Å²) in [7, 11) is -14.8. The Labute approximate surface area is 296 Å². The summed E-state index contributed by atoms with van der Waals surface area (Å²) >= 11 is 0. The minimum Gasteiger partial charge on any atom is -0.548 e. The number of rotatable bonds is 13. The van der Waals surface area contributed by atoms with Gasteiger partial charge in [0.15, 0.2) is 0 Å². The van der Waals surface area contributed by atoms with E-state index in [-0.39, 0.29) is 54.6 Å². The minimum absolute atomic E-state index is 0. The van der Waals surface area contributed by atoms with E-state index >= 15 is 0 Å². The molecule has 0 heterocycles. The molecule has 0 saturated heterocycles. The molecule has 0 aromatic carbocycles. The van der Waals surface area contributed by atoms with Crippen molar-refractivity contribution in [2.75, 3.05) is 78.5 Å². The second-order valence-corrected chi connectivity index (χ2v) is 8.92. The fourth-order valence-corrected chi connectivity index (χ4v) is 1.77. The normalized spacial score (nSPS) is 11.1. The molecule has 0 bridgehead atoms. The van der Waals surface area contributed by atoms with Gasteiger partial charge in [0.25, 0.3) is 0 Å². The molecule has 23 nitrogen and oxygen atoms in total. The van der Waals surface area contributed by atoms with Crippen LogP contribution in [0.4, 0.5) is 0 Å². The molecule has 0 spiro atoms. The molecule has 0 fully saturated rings. The van der Waals surface area contributed by atoms with Gasteiger partial charge in [0.1, 0.15) is 0 Å². The zero-order valence-corrected chi connectivity index (χ0v) is 34.1. The van der Waals surface area contributed by atoms with Crippen molar-refractivity contribution < 1.29 is 151 Å². The molecule has 0 aromatic heterocycles. The number of carboxylic acid groups (broad SMARTS) is 1. The largest absolute Gasteiger partial charge is 2.00 e. The van der Waals surface area contributed by atoms with Gasteiger partial charge in [0.05, 0.1) is 5.97 Å². The molecule has 28 heteroatoms. The van der Waals surface area contributed by atoms with Gasteiger partial charge in [0, 0.05) is 84.6 Å². The first kappa shape index (κ1) is 63.1. The zero-order valence-electron chi connectivity index (χ0n) is 23.8. The molecule has 0 aromatic rings. The van der Waals surface area contributed by atoms with Crippen molar-refractivity contribution in [1.82, 2.24) is 9.80 Å². The summed E-state index contributed by atoms with van der Waals surface area (Å²) in [5.74, 6) is -1.21. The molecule has 0 amide bonds. The fourth-order valence-electron chi connectivity index (χ4n) is 1.77. The maximum atomic E-state index is 9.46. The summed E-state index contributed by atoms with van der Waals surface area (Å²) in [6.07, 6.45) is 0.